The van der Waals surface area contributed by atoms with E-state index >= 15 is 0 Å². The van der Waals surface area contributed by atoms with Crippen LogP contribution in [0.2, 0.25) is 0 Å². The van der Waals surface area contributed by atoms with Gasteiger partial charge in [-0.3, -0.25) is 0 Å². The first-order valence-electron chi connectivity index (χ1n) is 6.71. The summed E-state index contributed by atoms with van der Waals surface area (Å²) in [6, 6.07) is 0.612. The van der Waals surface area contributed by atoms with Crippen LogP contribution >= 0.6 is 11.3 Å². The maximum absolute atomic E-state index is 5.88. The molecule has 0 radical (unpaired) electrons. The van der Waals surface area contributed by atoms with Crippen molar-refractivity contribution in [1.29, 1.82) is 0 Å². The smallest absolute Gasteiger partial charge is 0.185 e. The summed E-state index contributed by atoms with van der Waals surface area (Å²) in [5, 5.41) is 3.37. The Morgan fingerprint density at radius 2 is 2.29 bits per heavy atom. The van der Waals surface area contributed by atoms with Crippen LogP contribution in [0.15, 0.2) is 5.38 Å². The molecule has 0 saturated heterocycles. The van der Waals surface area contributed by atoms with Gasteiger partial charge in [0.05, 0.1) is 5.69 Å². The maximum Gasteiger partial charge on any atom is 0.185 e. The average molecular weight is 253 g/mol. The minimum Gasteiger partial charge on any atom is -0.345 e. The molecule has 17 heavy (non-hydrogen) atoms. The summed E-state index contributed by atoms with van der Waals surface area (Å²) in [4.78, 5) is 7.18. The molecule has 2 unspecified atom stereocenters. The third kappa shape index (κ3) is 2.63. The van der Waals surface area contributed by atoms with E-state index in [0.717, 1.165) is 19.5 Å². The normalized spacial score (nSPS) is 24.2. The summed E-state index contributed by atoms with van der Waals surface area (Å²) in [6.07, 6.45) is 4.90. The van der Waals surface area contributed by atoms with Crippen molar-refractivity contribution in [2.75, 3.05) is 18.0 Å². The van der Waals surface area contributed by atoms with Crippen LogP contribution < -0.4 is 10.6 Å². The Hall–Kier alpha value is -0.610. The Morgan fingerprint density at radius 3 is 2.88 bits per heavy atom. The van der Waals surface area contributed by atoms with Crippen LogP contribution in [-0.4, -0.2) is 24.1 Å². The lowest BCUT2D eigenvalue weighted by molar-refractivity contribution is 0.461. The summed E-state index contributed by atoms with van der Waals surface area (Å²) in [5.41, 5.74) is 7.10. The first-order chi connectivity index (χ1) is 8.30. The average Bonchev–Trinajstić information content (AvgIpc) is 2.99. The summed E-state index contributed by atoms with van der Waals surface area (Å²) in [6.45, 7) is 6.23. The molecule has 96 valence electrons. The number of hydrogen-bond donors (Lipinski definition) is 1. The van der Waals surface area contributed by atoms with E-state index in [1.165, 1.54) is 30.1 Å². The molecule has 1 aromatic heterocycles. The number of nitrogens with zero attached hydrogens (tertiary/aromatic N) is 2. The van der Waals surface area contributed by atoms with Crippen molar-refractivity contribution in [1.82, 2.24) is 4.98 Å². The van der Waals surface area contributed by atoms with Crippen LogP contribution in [0.5, 0.6) is 0 Å². The minimum absolute atomic E-state index is 0.612. The fourth-order valence-corrected chi connectivity index (χ4v) is 3.84. The van der Waals surface area contributed by atoms with Gasteiger partial charge in [0.2, 0.25) is 0 Å². The Kier molecular flexibility index (Phi) is 4.40. The molecule has 2 N–H and O–H groups in total. The molecule has 1 aromatic rings. The summed E-state index contributed by atoms with van der Waals surface area (Å²) in [7, 11) is 0. The van der Waals surface area contributed by atoms with Crippen molar-refractivity contribution >= 4 is 16.5 Å². The zero-order valence-corrected chi connectivity index (χ0v) is 11.7. The Morgan fingerprint density at radius 1 is 1.47 bits per heavy atom. The van der Waals surface area contributed by atoms with Crippen molar-refractivity contribution < 1.29 is 0 Å². The second kappa shape index (κ2) is 5.83. The van der Waals surface area contributed by atoms with Gasteiger partial charge in [0, 0.05) is 18.0 Å². The van der Waals surface area contributed by atoms with E-state index in [1.807, 2.05) is 0 Å². The maximum atomic E-state index is 5.88. The van der Waals surface area contributed by atoms with Crippen molar-refractivity contribution in [3.8, 4) is 0 Å². The molecular weight excluding hydrogens is 230 g/mol. The highest BCUT2D eigenvalue weighted by atomic mass is 32.1. The third-order valence-electron chi connectivity index (χ3n) is 3.81. The zero-order valence-electron chi connectivity index (χ0n) is 10.9. The van der Waals surface area contributed by atoms with Gasteiger partial charge in [-0.25, -0.2) is 4.98 Å². The van der Waals surface area contributed by atoms with Crippen LogP contribution in [0.3, 0.4) is 0 Å². The molecule has 1 saturated carbocycles. The van der Waals surface area contributed by atoms with Gasteiger partial charge in [-0.2, -0.15) is 0 Å². The molecule has 0 aliphatic heterocycles. The summed E-state index contributed by atoms with van der Waals surface area (Å²) < 4.78 is 0. The lowest BCUT2D eigenvalue weighted by atomic mass is 10.0. The van der Waals surface area contributed by atoms with Gasteiger partial charge in [0.25, 0.3) is 0 Å². The number of aryl methyl sites for hydroxylation is 1. The van der Waals surface area contributed by atoms with Gasteiger partial charge in [0.15, 0.2) is 5.13 Å². The predicted molar refractivity (Wildman–Crippen MR) is 74.7 cm³/mol. The van der Waals surface area contributed by atoms with Crippen LogP contribution in [0.1, 0.15) is 38.8 Å². The lowest BCUT2D eigenvalue weighted by Crippen LogP contribution is -2.40. The van der Waals surface area contributed by atoms with Crippen molar-refractivity contribution in [2.45, 2.75) is 45.6 Å². The van der Waals surface area contributed by atoms with Gasteiger partial charge in [-0.1, -0.05) is 13.3 Å². The molecule has 0 aromatic carbocycles. The number of thiazole rings is 1. The third-order valence-corrected chi connectivity index (χ3v) is 4.74. The molecule has 0 amide bonds. The van der Waals surface area contributed by atoms with Crippen molar-refractivity contribution in [3.63, 3.8) is 0 Å². The summed E-state index contributed by atoms with van der Waals surface area (Å²) >= 11 is 1.78. The fourth-order valence-electron chi connectivity index (χ4n) is 2.80. The van der Waals surface area contributed by atoms with E-state index < -0.39 is 0 Å². The zero-order chi connectivity index (χ0) is 12.3. The SMILES string of the molecule is CCc1csc(N(CC)C2CCCC2CN)n1. The monoisotopic (exact) mass is 253 g/mol. The minimum atomic E-state index is 0.612. The Bertz CT molecular complexity index is 350. The number of anilines is 1. The van der Waals surface area contributed by atoms with Gasteiger partial charge in [0.1, 0.15) is 0 Å². The van der Waals surface area contributed by atoms with E-state index in [2.05, 4.69) is 24.1 Å². The Labute approximate surface area is 108 Å². The second-order valence-corrected chi connectivity index (χ2v) is 5.59. The highest BCUT2D eigenvalue weighted by Gasteiger charge is 2.31. The van der Waals surface area contributed by atoms with Crippen molar-refractivity contribution in [2.24, 2.45) is 11.7 Å². The van der Waals surface area contributed by atoms with Crippen LogP contribution in [0.4, 0.5) is 5.13 Å². The van der Waals surface area contributed by atoms with Gasteiger partial charge in [-0.15, -0.1) is 11.3 Å². The van der Waals surface area contributed by atoms with E-state index in [-0.39, 0.29) is 0 Å². The lowest BCUT2D eigenvalue weighted by Gasteiger charge is -2.31. The Balaban J connectivity index is 2.14. The van der Waals surface area contributed by atoms with Crippen LogP contribution in [-0.2, 0) is 6.42 Å². The fraction of sp³-hybridized carbons (Fsp3) is 0.769. The molecule has 1 fully saturated rings. The topological polar surface area (TPSA) is 42.1 Å². The molecule has 0 spiro atoms. The van der Waals surface area contributed by atoms with E-state index in [4.69, 9.17) is 10.7 Å². The molecule has 2 atom stereocenters. The quantitative estimate of drug-likeness (QED) is 0.877. The molecule has 1 aliphatic rings. The van der Waals surface area contributed by atoms with Crippen LogP contribution in [0, 0.1) is 5.92 Å². The first kappa shape index (κ1) is 12.8. The molecule has 1 heterocycles. The van der Waals surface area contributed by atoms with Gasteiger partial charge in [-0.05, 0) is 38.6 Å². The standard InChI is InChI=1S/C13H23N3S/c1-3-11-9-17-13(15-11)16(4-2)12-7-5-6-10(12)8-14/h9-10,12H,3-8,14H2,1-2H3. The first-order valence-corrected chi connectivity index (χ1v) is 7.59. The number of hydrogen-bond acceptors (Lipinski definition) is 4. The second-order valence-electron chi connectivity index (χ2n) is 4.76. The van der Waals surface area contributed by atoms with E-state index in [1.54, 1.807) is 11.3 Å². The van der Waals surface area contributed by atoms with E-state index in [0.29, 0.717) is 12.0 Å². The molecule has 4 heteroatoms. The molecule has 2 rings (SSSR count). The van der Waals surface area contributed by atoms with Crippen molar-refractivity contribution in [3.05, 3.63) is 11.1 Å². The highest BCUT2D eigenvalue weighted by molar-refractivity contribution is 7.13. The highest BCUT2D eigenvalue weighted by Crippen LogP contribution is 2.33. The molecule has 3 nitrogen and oxygen atoms in total. The summed E-state index contributed by atoms with van der Waals surface area (Å²) in [5.74, 6) is 0.656. The van der Waals surface area contributed by atoms with Gasteiger partial charge < -0.3 is 10.6 Å². The largest absolute Gasteiger partial charge is 0.345 e. The number of nitrogens with two attached hydrogens (primary N) is 1. The predicted octanol–water partition coefficient (Wildman–Crippen LogP) is 2.66. The molecular formula is C13H23N3S. The van der Waals surface area contributed by atoms with E-state index in [9.17, 15) is 0 Å². The molecule has 1 aliphatic carbocycles. The molecule has 0 bridgehead atoms. The van der Waals surface area contributed by atoms with Gasteiger partial charge >= 0.3 is 0 Å². The number of rotatable bonds is 5. The number of aromatic nitrogens is 1. The van der Waals surface area contributed by atoms with Crippen LogP contribution in [0.25, 0.3) is 0 Å².